The zero-order valence-electron chi connectivity index (χ0n) is 20.8. The van der Waals surface area contributed by atoms with E-state index in [9.17, 15) is 18.0 Å². The molecule has 1 aliphatic heterocycles. The van der Waals surface area contributed by atoms with Gasteiger partial charge in [-0.2, -0.15) is 0 Å². The molecule has 1 aliphatic carbocycles. The lowest BCUT2D eigenvalue weighted by atomic mass is 9.74. The van der Waals surface area contributed by atoms with E-state index in [1.165, 1.54) is 18.2 Å². The predicted molar refractivity (Wildman–Crippen MR) is 134 cm³/mol. The van der Waals surface area contributed by atoms with E-state index in [1.807, 2.05) is 0 Å². The third-order valence-electron chi connectivity index (χ3n) is 6.43. The predicted octanol–water partition coefficient (Wildman–Crippen LogP) is 4.03. The third-order valence-corrected chi connectivity index (χ3v) is 6.43. The molecule has 1 heterocycles. The van der Waals surface area contributed by atoms with Gasteiger partial charge in [-0.25, -0.2) is 8.78 Å². The maximum Gasteiger partial charge on any atom is 0.300 e. The van der Waals surface area contributed by atoms with E-state index in [0.29, 0.717) is 38.4 Å². The molecule has 2 aromatic rings. The summed E-state index contributed by atoms with van der Waals surface area (Å²) < 4.78 is 59.6. The molecule has 1 saturated heterocycles. The Kier molecular flexibility index (Phi) is 11.3. The van der Waals surface area contributed by atoms with Gasteiger partial charge in [0.05, 0.1) is 12.2 Å². The van der Waals surface area contributed by atoms with Crippen molar-refractivity contribution in [2.45, 2.75) is 50.5 Å². The molecule has 0 spiro atoms. The van der Waals surface area contributed by atoms with Crippen molar-refractivity contribution in [3.8, 4) is 0 Å². The Hall–Kier alpha value is -2.76. The van der Waals surface area contributed by atoms with Crippen molar-refractivity contribution >= 4 is 23.0 Å². The molecule has 1 atom stereocenters. The fourth-order valence-electron chi connectivity index (χ4n) is 4.41. The van der Waals surface area contributed by atoms with E-state index in [2.05, 4.69) is 4.90 Å². The first-order chi connectivity index (χ1) is 17.4. The summed E-state index contributed by atoms with van der Waals surface area (Å²) in [6, 6.07) is 9.15. The molecule has 2 aliphatic rings. The van der Waals surface area contributed by atoms with Crippen LogP contribution in [0.1, 0.15) is 65.6 Å². The van der Waals surface area contributed by atoms with Gasteiger partial charge in [-0.05, 0) is 91.9 Å². The number of nitrogens with zero attached hydrogens (tertiary/aromatic N) is 1. The van der Waals surface area contributed by atoms with Crippen LogP contribution in [0.4, 0.5) is 13.2 Å². The molecule has 37 heavy (non-hydrogen) atoms. The number of alkyl halides is 1. The Morgan fingerprint density at radius 2 is 1.68 bits per heavy atom. The van der Waals surface area contributed by atoms with E-state index in [0.717, 1.165) is 42.7 Å². The van der Waals surface area contributed by atoms with Crippen LogP contribution < -0.4 is 5.73 Å². The minimum absolute atomic E-state index is 0.0537. The van der Waals surface area contributed by atoms with Crippen LogP contribution in [0.25, 0.3) is 0 Å². The second kappa shape index (κ2) is 13.7. The number of halogens is 3. The summed E-state index contributed by atoms with van der Waals surface area (Å²) in [5.74, 6) is -2.13. The maximum atomic E-state index is 14.4. The highest BCUT2D eigenvalue weighted by Gasteiger charge is 2.37. The molecule has 4 rings (SSSR count). The Balaban J connectivity index is 0.000000530. The number of hydrogen-bond acceptors (Lipinski definition) is 5. The van der Waals surface area contributed by atoms with Crippen molar-refractivity contribution in [1.82, 2.24) is 4.90 Å². The van der Waals surface area contributed by atoms with E-state index in [1.54, 1.807) is 18.2 Å². The number of carboxylic acids is 1. The molecular weight excluding hydrogens is 509 g/mol. The molecule has 0 bridgehead atoms. The van der Waals surface area contributed by atoms with Crippen LogP contribution in [0.5, 0.6) is 0 Å². The average molecular weight is 542 g/mol. The summed E-state index contributed by atoms with van der Waals surface area (Å²) >= 11 is -1.86. The molecule has 1 saturated carbocycles. The summed E-state index contributed by atoms with van der Waals surface area (Å²) in [5, 5.41) is 7.42. The summed E-state index contributed by atoms with van der Waals surface area (Å²) in [7, 11) is 0. The van der Waals surface area contributed by atoms with Gasteiger partial charge in [0.15, 0.2) is 0 Å². The number of rotatable bonds is 6. The van der Waals surface area contributed by atoms with Crippen LogP contribution in [0, 0.1) is 11.6 Å². The van der Waals surface area contributed by atoms with E-state index >= 15 is 0 Å². The Bertz CT molecular complexity index is 1080. The van der Waals surface area contributed by atoms with E-state index in [4.69, 9.17) is 24.4 Å². The summed E-state index contributed by atoms with van der Waals surface area (Å²) in [6.07, 6.45) is 4.39. The molecule has 3 N–H and O–H groups in total. The smallest absolute Gasteiger partial charge is 0.300 e. The molecule has 0 radical (unpaired) electrons. The van der Waals surface area contributed by atoms with Gasteiger partial charge in [0.25, 0.3) is 11.9 Å². The second-order valence-corrected chi connectivity index (χ2v) is 10.1. The second-order valence-electron chi connectivity index (χ2n) is 9.29. The lowest BCUT2D eigenvalue weighted by molar-refractivity contribution is -0.134. The van der Waals surface area contributed by atoms with Gasteiger partial charge < -0.3 is 15.4 Å². The Labute approximate surface area is 217 Å². The zero-order chi connectivity index (χ0) is 27.8. The lowest BCUT2D eigenvalue weighted by Crippen LogP contribution is -2.43. The van der Waals surface area contributed by atoms with Gasteiger partial charge >= 0.3 is 0 Å². The van der Waals surface area contributed by atoms with Gasteiger partial charge in [-0.3, -0.25) is 23.1 Å². The summed E-state index contributed by atoms with van der Waals surface area (Å²) in [6.45, 7) is 2.50. The molecule has 2 aromatic carbocycles. The monoisotopic (exact) mass is 541 g/mol. The topological polar surface area (TPSA) is 124 Å². The number of primary amides is 1. The first-order valence-electron chi connectivity index (χ1n) is 11.8. The lowest BCUT2D eigenvalue weighted by Gasteiger charge is -2.40. The van der Waals surface area contributed by atoms with Gasteiger partial charge in [0, 0.05) is 18.9 Å². The summed E-state index contributed by atoms with van der Waals surface area (Å²) in [4.78, 5) is 22.7. The van der Waals surface area contributed by atoms with E-state index in [-0.39, 0.29) is 11.4 Å². The van der Waals surface area contributed by atoms with E-state index < -0.39 is 40.9 Å². The average Bonchev–Trinajstić information content (AvgIpc) is 3.65. The van der Waals surface area contributed by atoms with Crippen LogP contribution in [-0.4, -0.2) is 56.7 Å². The Morgan fingerprint density at radius 1 is 1.16 bits per heavy atom. The highest BCUT2D eigenvalue weighted by atomic mass is 32.2. The number of piperidine rings is 1. The van der Waals surface area contributed by atoms with Crippen LogP contribution in [0.15, 0.2) is 36.4 Å². The number of carbonyl (C=O) groups excluding carboxylic acids is 1. The van der Waals surface area contributed by atoms with Gasteiger partial charge in [0.1, 0.15) is 11.6 Å². The number of amides is 1. The van der Waals surface area contributed by atoms with Crippen LogP contribution in [0.3, 0.4) is 0 Å². The normalized spacial score (nSPS) is 17.5. The van der Waals surface area contributed by atoms with Gasteiger partial charge in [0.2, 0.25) is 0 Å². The molecule has 11 heteroatoms. The van der Waals surface area contributed by atoms with Crippen LogP contribution in [0.2, 0.25) is 0 Å². The highest BCUT2D eigenvalue weighted by molar-refractivity contribution is 7.78. The van der Waals surface area contributed by atoms with Gasteiger partial charge in [-0.15, -0.1) is 0 Å². The fourth-order valence-corrected chi connectivity index (χ4v) is 4.41. The molecule has 2 fully saturated rings. The largest absolute Gasteiger partial charge is 0.773 e. The summed E-state index contributed by atoms with van der Waals surface area (Å²) in [5.41, 5.74) is 7.36. The van der Waals surface area contributed by atoms with Crippen molar-refractivity contribution in [2.24, 2.45) is 5.73 Å². The fraction of sp³-hybridized carbons (Fsp3) is 0.462. The highest BCUT2D eigenvalue weighted by Crippen LogP contribution is 2.43. The number of likely N-dealkylation sites (tertiary alicyclic amines) is 1. The first kappa shape index (κ1) is 30.5. The molecular formula is C26H32F3N2O5S-. The number of benzene rings is 2. The van der Waals surface area contributed by atoms with Gasteiger partial charge in [-0.1, -0.05) is 23.2 Å². The number of nitrogens with two attached hydrogens (primary N) is 1. The molecule has 204 valence electrons. The first-order valence-corrected chi connectivity index (χ1v) is 13.2. The van der Waals surface area contributed by atoms with Crippen LogP contribution >= 0.6 is 0 Å². The minimum Gasteiger partial charge on any atom is -0.773 e. The number of hydrogen-bond donors (Lipinski definition) is 2. The van der Waals surface area contributed by atoms with Crippen molar-refractivity contribution in [3.63, 3.8) is 0 Å². The SMILES string of the molecule is CC(=O)O.CS(=O)[O-].NC(=O)c1cc(C2CC2)c(CN2CCC(CF)(c3ccc(F)cc3)CC2)cc1F. The van der Waals surface area contributed by atoms with Crippen molar-refractivity contribution in [2.75, 3.05) is 26.0 Å². The maximum absolute atomic E-state index is 14.4. The Morgan fingerprint density at radius 3 is 2.11 bits per heavy atom. The van der Waals surface area contributed by atoms with Crippen molar-refractivity contribution in [1.29, 1.82) is 0 Å². The minimum atomic E-state index is -1.86. The van der Waals surface area contributed by atoms with Crippen LogP contribution in [-0.2, 0) is 27.8 Å². The zero-order valence-corrected chi connectivity index (χ0v) is 21.7. The number of carboxylic acid groups (broad SMARTS) is 1. The standard InChI is InChI=1S/C23H25F3N2O.C2H4O2.CH4O2S/c24-14-23(17-3-5-18(25)6-4-17)7-9-28(10-8-23)13-16-11-21(26)20(22(27)29)12-19(16)15-1-2-15;1-2(3)4;1-4(2)3/h3-6,11-12,15H,1-2,7-10,13-14H2,(H2,27,29);1H3,(H,3,4);1H3,(H,2,3)/p-1. The third kappa shape index (κ3) is 9.24. The van der Waals surface area contributed by atoms with Crippen molar-refractivity contribution in [3.05, 3.63) is 70.3 Å². The number of aliphatic carboxylic acids is 1. The van der Waals surface area contributed by atoms with Crippen molar-refractivity contribution < 1.29 is 36.6 Å². The number of carbonyl (C=O) groups is 2. The quantitative estimate of drug-likeness (QED) is 0.533. The molecule has 1 amide bonds. The molecule has 0 aromatic heterocycles. The molecule has 1 unspecified atom stereocenters. The molecule has 7 nitrogen and oxygen atoms in total.